The Hall–Kier alpha value is -0.130. The van der Waals surface area contributed by atoms with Crippen molar-refractivity contribution in [1.82, 2.24) is 4.31 Å². The summed E-state index contributed by atoms with van der Waals surface area (Å²) in [5.41, 5.74) is 0. The highest BCUT2D eigenvalue weighted by Crippen LogP contribution is 2.01. The zero-order valence-electron chi connectivity index (χ0n) is 7.08. The predicted molar refractivity (Wildman–Crippen MR) is 47.6 cm³/mol. The summed E-state index contributed by atoms with van der Waals surface area (Å²) >= 11 is 5.04. The molecule has 0 saturated carbocycles. The molecule has 4 nitrogen and oxygen atoms in total. The fourth-order valence-electron chi connectivity index (χ4n) is 0.576. The number of sulfonamides is 1. The molecule has 0 aromatic heterocycles. The van der Waals surface area contributed by atoms with Gasteiger partial charge in [0, 0.05) is 20.5 Å². The van der Waals surface area contributed by atoms with E-state index in [-0.39, 0.29) is 18.6 Å². The third-order valence-electron chi connectivity index (χ3n) is 1.33. The lowest BCUT2D eigenvalue weighted by atomic mass is 10.4. The first-order chi connectivity index (χ1) is 5.36. The van der Waals surface area contributed by atoms with Crippen molar-refractivity contribution in [2.75, 3.05) is 19.8 Å². The molecule has 6 heteroatoms. The summed E-state index contributed by atoms with van der Waals surface area (Å²) in [4.78, 5) is 10.3. The van der Waals surface area contributed by atoms with E-state index in [1.54, 1.807) is 0 Å². The molecule has 12 heavy (non-hydrogen) atoms. The van der Waals surface area contributed by atoms with Crippen LogP contribution in [0.3, 0.4) is 0 Å². The summed E-state index contributed by atoms with van der Waals surface area (Å²) < 4.78 is 23.3. The minimum atomic E-state index is -3.17. The summed E-state index contributed by atoms with van der Waals surface area (Å²) in [6.07, 6.45) is 0.386. The van der Waals surface area contributed by atoms with Crippen molar-refractivity contribution in [3.05, 3.63) is 0 Å². The molecule has 0 atom stereocenters. The third kappa shape index (κ3) is 4.69. The highest BCUT2D eigenvalue weighted by Gasteiger charge is 2.13. The molecule has 0 rings (SSSR count). The van der Waals surface area contributed by atoms with Gasteiger partial charge < -0.3 is 0 Å². The van der Waals surface area contributed by atoms with Crippen molar-refractivity contribution in [3.8, 4) is 0 Å². The lowest BCUT2D eigenvalue weighted by Gasteiger charge is -2.09. The molecular formula is C6H12ClNO3S. The number of nitrogens with zero attached hydrogens (tertiary/aromatic N) is 1. The van der Waals surface area contributed by atoms with Gasteiger partial charge in [-0.25, -0.2) is 12.7 Å². The smallest absolute Gasteiger partial charge is 0.221 e. The van der Waals surface area contributed by atoms with Crippen molar-refractivity contribution in [1.29, 1.82) is 0 Å². The predicted octanol–water partition coefficient (Wildman–Crippen LogP) is 0.423. The maximum Gasteiger partial charge on any atom is 0.221 e. The lowest BCUT2D eigenvalue weighted by molar-refractivity contribution is -0.111. The summed E-state index contributed by atoms with van der Waals surface area (Å²) in [5, 5.41) is -0.496. The van der Waals surface area contributed by atoms with Gasteiger partial charge in [0.25, 0.3) is 0 Å². The highest BCUT2D eigenvalue weighted by atomic mass is 35.5. The van der Waals surface area contributed by atoms with E-state index in [9.17, 15) is 13.2 Å². The largest absolute Gasteiger partial charge is 0.281 e. The van der Waals surface area contributed by atoms with Crippen LogP contribution in [-0.4, -0.2) is 37.8 Å². The molecule has 0 aliphatic heterocycles. The number of carbonyl (C=O) groups excluding carboxylic acids is 1. The number of rotatable bonds is 5. The summed E-state index contributed by atoms with van der Waals surface area (Å²) in [6, 6.07) is 0. The van der Waals surface area contributed by atoms with Crippen LogP contribution in [0.4, 0.5) is 0 Å². The Morgan fingerprint density at radius 2 is 1.92 bits per heavy atom. The summed E-state index contributed by atoms with van der Waals surface area (Å²) in [6.45, 7) is 0. The minimum absolute atomic E-state index is 0.0293. The molecule has 0 saturated heterocycles. The standard InChI is InChI=1S/C6H12ClNO3S/c1-8(2)12(10,11)5-3-4-6(7)9/h3-5H2,1-2H3. The molecule has 0 aromatic rings. The molecule has 0 bridgehead atoms. The zero-order valence-corrected chi connectivity index (χ0v) is 8.65. The van der Waals surface area contributed by atoms with Crippen molar-refractivity contribution >= 4 is 26.9 Å². The van der Waals surface area contributed by atoms with E-state index in [2.05, 4.69) is 0 Å². The fraction of sp³-hybridized carbons (Fsp3) is 0.833. The van der Waals surface area contributed by atoms with E-state index >= 15 is 0 Å². The van der Waals surface area contributed by atoms with E-state index in [0.29, 0.717) is 0 Å². The number of halogens is 1. The van der Waals surface area contributed by atoms with E-state index < -0.39 is 15.3 Å². The SMILES string of the molecule is CN(C)S(=O)(=O)CCCC(=O)Cl. The number of hydrogen-bond acceptors (Lipinski definition) is 3. The van der Waals surface area contributed by atoms with Crippen molar-refractivity contribution in [2.45, 2.75) is 12.8 Å². The Labute approximate surface area is 77.5 Å². The van der Waals surface area contributed by atoms with E-state index in [1.807, 2.05) is 0 Å². The van der Waals surface area contributed by atoms with Gasteiger partial charge in [-0.15, -0.1) is 0 Å². The molecule has 0 spiro atoms. The highest BCUT2D eigenvalue weighted by molar-refractivity contribution is 7.89. The Bertz CT molecular complexity index is 248. The Morgan fingerprint density at radius 3 is 2.25 bits per heavy atom. The van der Waals surface area contributed by atoms with Crippen LogP contribution in [0.2, 0.25) is 0 Å². The molecular weight excluding hydrogens is 202 g/mol. The molecule has 0 radical (unpaired) electrons. The van der Waals surface area contributed by atoms with Crippen molar-refractivity contribution < 1.29 is 13.2 Å². The van der Waals surface area contributed by atoms with E-state index in [4.69, 9.17) is 11.6 Å². The quantitative estimate of drug-likeness (QED) is 0.623. The second-order valence-electron chi connectivity index (χ2n) is 2.56. The topological polar surface area (TPSA) is 54.5 Å². The normalized spacial score (nSPS) is 12.0. The molecule has 0 fully saturated rings. The lowest BCUT2D eigenvalue weighted by Crippen LogP contribution is -2.25. The maximum absolute atomic E-state index is 11.1. The average Bonchev–Trinajstić information content (AvgIpc) is 1.85. The Balaban J connectivity index is 3.86. The number of hydrogen-bond donors (Lipinski definition) is 0. The van der Waals surface area contributed by atoms with E-state index in [0.717, 1.165) is 4.31 Å². The van der Waals surface area contributed by atoms with Gasteiger partial charge in [-0.2, -0.15) is 0 Å². The van der Waals surface area contributed by atoms with Gasteiger partial charge in [0.05, 0.1) is 5.75 Å². The van der Waals surface area contributed by atoms with Crippen LogP contribution in [0, 0.1) is 0 Å². The Morgan fingerprint density at radius 1 is 1.42 bits per heavy atom. The van der Waals surface area contributed by atoms with Gasteiger partial charge in [0.15, 0.2) is 0 Å². The van der Waals surface area contributed by atoms with Crippen LogP contribution in [-0.2, 0) is 14.8 Å². The van der Waals surface area contributed by atoms with Crippen LogP contribution in [0.5, 0.6) is 0 Å². The van der Waals surface area contributed by atoms with Gasteiger partial charge in [0.1, 0.15) is 0 Å². The number of carbonyl (C=O) groups is 1. The van der Waals surface area contributed by atoms with Crippen LogP contribution in [0.15, 0.2) is 0 Å². The van der Waals surface area contributed by atoms with Gasteiger partial charge in [0.2, 0.25) is 15.3 Å². The van der Waals surface area contributed by atoms with Crippen LogP contribution >= 0.6 is 11.6 Å². The van der Waals surface area contributed by atoms with Crippen molar-refractivity contribution in [2.24, 2.45) is 0 Å². The van der Waals surface area contributed by atoms with Gasteiger partial charge in [-0.05, 0) is 18.0 Å². The Kier molecular flexibility index (Phi) is 4.74. The molecule has 0 aliphatic rings. The fourth-order valence-corrected chi connectivity index (χ4v) is 1.58. The maximum atomic E-state index is 11.1. The van der Waals surface area contributed by atoms with E-state index in [1.165, 1.54) is 14.1 Å². The zero-order chi connectivity index (χ0) is 9.78. The molecule has 0 heterocycles. The summed E-state index contributed by atoms with van der Waals surface area (Å²) in [7, 11) is -0.259. The molecule has 0 N–H and O–H groups in total. The first-order valence-corrected chi connectivity index (χ1v) is 5.43. The van der Waals surface area contributed by atoms with Crippen LogP contribution in [0.25, 0.3) is 0 Å². The average molecular weight is 214 g/mol. The summed E-state index contributed by atoms with van der Waals surface area (Å²) in [5.74, 6) is -0.0293. The first kappa shape index (κ1) is 11.9. The monoisotopic (exact) mass is 213 g/mol. The minimum Gasteiger partial charge on any atom is -0.281 e. The second kappa shape index (κ2) is 4.79. The molecule has 72 valence electrons. The molecule has 0 amide bonds. The second-order valence-corrected chi connectivity index (χ2v) is 5.28. The molecule has 0 aromatic carbocycles. The van der Waals surface area contributed by atoms with Gasteiger partial charge in [-0.3, -0.25) is 4.79 Å². The third-order valence-corrected chi connectivity index (χ3v) is 3.44. The molecule has 0 aliphatic carbocycles. The van der Waals surface area contributed by atoms with Crippen molar-refractivity contribution in [3.63, 3.8) is 0 Å². The van der Waals surface area contributed by atoms with Crippen LogP contribution in [0.1, 0.15) is 12.8 Å². The van der Waals surface area contributed by atoms with Gasteiger partial charge >= 0.3 is 0 Å². The molecule has 0 unspecified atom stereocenters. The van der Waals surface area contributed by atoms with Crippen LogP contribution < -0.4 is 0 Å². The first-order valence-electron chi connectivity index (χ1n) is 3.45. The van der Waals surface area contributed by atoms with Gasteiger partial charge in [-0.1, -0.05) is 0 Å².